The number of hydrogen-bond acceptors (Lipinski definition) is 3. The first-order chi connectivity index (χ1) is 5.22. The smallest absolute Gasteiger partial charge is 0.237 e. The van der Waals surface area contributed by atoms with Crippen molar-refractivity contribution >= 4 is 18.5 Å². The number of hydrogen-bond donors (Lipinski definition) is 3. The van der Waals surface area contributed by atoms with Crippen LogP contribution in [0, 0.1) is 0 Å². The summed E-state index contributed by atoms with van der Waals surface area (Å²) in [6.45, 7) is 2.79. The zero-order chi connectivity index (χ0) is 8.69. The molecule has 0 aromatic rings. The van der Waals surface area contributed by atoms with Gasteiger partial charge in [-0.25, -0.2) is 0 Å². The van der Waals surface area contributed by atoms with Gasteiger partial charge in [0.05, 0.1) is 6.04 Å². The van der Waals surface area contributed by atoms with E-state index in [2.05, 4.69) is 24.9 Å². The number of rotatable bonds is 5. The van der Waals surface area contributed by atoms with Crippen LogP contribution in [0.3, 0.4) is 0 Å². The third kappa shape index (κ3) is 5.09. The first kappa shape index (κ1) is 10.8. The minimum absolute atomic E-state index is 0.103. The summed E-state index contributed by atoms with van der Waals surface area (Å²) in [5.74, 6) is 0.297. The van der Waals surface area contributed by atoms with Gasteiger partial charge in [0.25, 0.3) is 0 Å². The van der Waals surface area contributed by atoms with E-state index in [9.17, 15) is 4.79 Å². The molecule has 66 valence electrons. The highest BCUT2D eigenvalue weighted by Gasteiger charge is 2.08. The monoisotopic (exact) mass is 177 g/mol. The van der Waals surface area contributed by atoms with Gasteiger partial charge in [0.15, 0.2) is 0 Å². The Labute approximate surface area is 73.1 Å². The van der Waals surface area contributed by atoms with E-state index in [0.29, 0.717) is 5.75 Å². The molecule has 0 unspecified atom stereocenters. The van der Waals surface area contributed by atoms with Gasteiger partial charge in [-0.3, -0.25) is 4.79 Å². The van der Waals surface area contributed by atoms with Crippen LogP contribution >= 0.6 is 12.6 Å². The minimum Gasteiger partial charge on any atom is -0.355 e. The summed E-state index contributed by atoms with van der Waals surface area (Å²) in [6, 6.07) is -0.463. The van der Waals surface area contributed by atoms with Gasteiger partial charge < -0.3 is 11.1 Å². The highest BCUT2D eigenvalue weighted by atomic mass is 32.1. The maximum Gasteiger partial charge on any atom is 0.237 e. The van der Waals surface area contributed by atoms with Gasteiger partial charge in [0.2, 0.25) is 5.91 Å². The molecule has 11 heavy (non-hydrogen) atoms. The lowest BCUT2D eigenvalue weighted by molar-refractivity contribution is -0.121. The van der Waals surface area contributed by atoms with Crippen LogP contribution in [-0.2, 0) is 4.79 Å². The molecule has 0 spiro atoms. The summed E-state index contributed by atoms with van der Waals surface area (Å²) in [4.78, 5) is 11.0. The summed E-state index contributed by atoms with van der Waals surface area (Å²) < 4.78 is 0. The van der Waals surface area contributed by atoms with E-state index in [0.717, 1.165) is 19.4 Å². The van der Waals surface area contributed by atoms with Crippen molar-refractivity contribution in [3.63, 3.8) is 0 Å². The molecule has 4 heteroatoms. The summed E-state index contributed by atoms with van der Waals surface area (Å²) in [5.41, 5.74) is 5.41. The van der Waals surface area contributed by atoms with Crippen LogP contribution in [-0.4, -0.2) is 24.2 Å². The lowest BCUT2D eigenvalue weighted by Gasteiger charge is -2.08. The highest BCUT2D eigenvalue weighted by molar-refractivity contribution is 7.80. The molecule has 0 aromatic carbocycles. The number of amides is 1. The van der Waals surface area contributed by atoms with Crippen LogP contribution in [0.25, 0.3) is 0 Å². The normalized spacial score (nSPS) is 12.6. The van der Waals surface area contributed by atoms with Gasteiger partial charge in [-0.15, -0.1) is 0 Å². The van der Waals surface area contributed by atoms with Gasteiger partial charge in [0, 0.05) is 12.3 Å². The van der Waals surface area contributed by atoms with Crippen molar-refractivity contribution in [1.29, 1.82) is 0 Å². The van der Waals surface area contributed by atoms with Crippen molar-refractivity contribution in [3.05, 3.63) is 0 Å². The Morgan fingerprint density at radius 3 is 2.82 bits per heavy atom. The molecule has 0 aliphatic heterocycles. The zero-order valence-electron chi connectivity index (χ0n) is 6.84. The molecule has 0 bridgehead atoms. The molecule has 3 nitrogen and oxygen atoms in total. The van der Waals surface area contributed by atoms with E-state index in [4.69, 9.17) is 5.73 Å². The summed E-state index contributed by atoms with van der Waals surface area (Å²) in [7, 11) is 0. The van der Waals surface area contributed by atoms with Crippen LogP contribution in [0.1, 0.15) is 19.8 Å². The summed E-state index contributed by atoms with van der Waals surface area (Å²) >= 11 is 3.91. The van der Waals surface area contributed by atoms with Gasteiger partial charge in [-0.2, -0.15) is 12.6 Å². The van der Waals surface area contributed by atoms with Crippen molar-refractivity contribution in [2.24, 2.45) is 5.73 Å². The van der Waals surface area contributed by atoms with Crippen molar-refractivity contribution in [3.8, 4) is 0 Å². The standard InChI is InChI=1S/C7H16N2OS/c1-2-3-4-9-7(10)6(8)5-11/h6,11H,2-5,8H2,1H3,(H,9,10)/t6-/m0/s1/i10+1. The first-order valence-electron chi connectivity index (χ1n) is 3.86. The molecule has 1 atom stereocenters. The Morgan fingerprint density at radius 2 is 2.36 bits per heavy atom. The van der Waals surface area contributed by atoms with Crippen LogP contribution in [0.4, 0.5) is 0 Å². The van der Waals surface area contributed by atoms with Crippen molar-refractivity contribution in [2.45, 2.75) is 25.8 Å². The third-order valence-electron chi connectivity index (χ3n) is 1.36. The summed E-state index contributed by atoms with van der Waals surface area (Å²) in [5, 5.41) is 2.72. The molecular weight excluding hydrogens is 161 g/mol. The number of thiol groups is 1. The second-order valence-corrected chi connectivity index (χ2v) is 2.80. The molecule has 0 aliphatic carbocycles. The van der Waals surface area contributed by atoms with E-state index < -0.39 is 6.04 Å². The van der Waals surface area contributed by atoms with Gasteiger partial charge in [0.1, 0.15) is 0 Å². The van der Waals surface area contributed by atoms with Gasteiger partial charge in [-0.05, 0) is 6.42 Å². The molecule has 3 N–H and O–H groups in total. The fourth-order valence-electron chi connectivity index (χ4n) is 0.602. The Morgan fingerprint density at radius 1 is 1.73 bits per heavy atom. The molecular formula is C7H16N2OS. The largest absolute Gasteiger partial charge is 0.355 e. The lowest BCUT2D eigenvalue weighted by Crippen LogP contribution is -2.42. The SMILES string of the molecule is CCCCNC(=[17O])[C@@H](N)CS. The van der Waals surface area contributed by atoms with E-state index in [1.807, 2.05) is 0 Å². The second kappa shape index (κ2) is 6.49. The third-order valence-corrected chi connectivity index (χ3v) is 1.76. The zero-order valence-corrected chi connectivity index (χ0v) is 7.73. The Kier molecular flexibility index (Phi) is 6.36. The van der Waals surface area contributed by atoms with Crippen molar-refractivity contribution in [1.82, 2.24) is 5.32 Å². The molecule has 0 radical (unpaired) electrons. The van der Waals surface area contributed by atoms with Crippen molar-refractivity contribution in [2.75, 3.05) is 12.3 Å². The van der Waals surface area contributed by atoms with Crippen LogP contribution in [0.5, 0.6) is 0 Å². The Bertz CT molecular complexity index is 119. The van der Waals surface area contributed by atoms with Crippen LogP contribution in [0.2, 0.25) is 0 Å². The Balaban J connectivity index is 3.36. The van der Waals surface area contributed by atoms with Crippen LogP contribution < -0.4 is 11.1 Å². The molecule has 0 heterocycles. The molecule has 0 aliphatic rings. The van der Waals surface area contributed by atoms with E-state index >= 15 is 0 Å². The highest BCUT2D eigenvalue weighted by Crippen LogP contribution is 1.86. The molecule has 0 saturated carbocycles. The number of nitrogens with one attached hydrogen (secondary N) is 1. The predicted molar refractivity (Wildman–Crippen MR) is 49.7 cm³/mol. The number of nitrogens with two attached hydrogens (primary N) is 1. The maximum atomic E-state index is 11.0. The molecule has 0 saturated heterocycles. The fraction of sp³-hybridized carbons (Fsp3) is 0.857. The summed E-state index contributed by atoms with van der Waals surface area (Å²) in [6.07, 6.45) is 2.08. The second-order valence-electron chi connectivity index (χ2n) is 2.43. The Hall–Kier alpha value is -0.220. The molecule has 1 amide bonds. The van der Waals surface area contributed by atoms with Gasteiger partial charge in [-0.1, -0.05) is 13.3 Å². The number of carbonyl (C=O) groups is 1. The maximum absolute atomic E-state index is 11.0. The van der Waals surface area contributed by atoms with Gasteiger partial charge >= 0.3 is 0 Å². The fourth-order valence-corrected chi connectivity index (χ4v) is 0.768. The number of unbranched alkanes of at least 4 members (excludes halogenated alkanes) is 1. The average Bonchev–Trinajstić information content (AvgIpc) is 2.03. The number of carbonyl (C=O) groups excluding carboxylic acids is 1. The lowest BCUT2D eigenvalue weighted by atomic mass is 10.3. The first-order valence-corrected chi connectivity index (χ1v) is 4.49. The quantitative estimate of drug-likeness (QED) is 0.414. The average molecular weight is 177 g/mol. The molecule has 0 aromatic heterocycles. The molecule has 0 rings (SSSR count). The van der Waals surface area contributed by atoms with E-state index in [1.165, 1.54) is 0 Å². The van der Waals surface area contributed by atoms with E-state index in [-0.39, 0.29) is 5.91 Å². The van der Waals surface area contributed by atoms with Crippen LogP contribution in [0.15, 0.2) is 0 Å². The predicted octanol–water partition coefficient (Wildman–Crippen LogP) is 0.160. The van der Waals surface area contributed by atoms with Crippen molar-refractivity contribution < 1.29 is 4.79 Å². The minimum atomic E-state index is -0.463. The molecule has 0 fully saturated rings. The topological polar surface area (TPSA) is 55.1 Å². The van der Waals surface area contributed by atoms with E-state index in [1.54, 1.807) is 0 Å².